The number of nitrogens with one attached hydrogen (secondary N) is 2. The first-order valence-electron chi connectivity index (χ1n) is 6.40. The van der Waals surface area contributed by atoms with Gasteiger partial charge in [0, 0.05) is 24.9 Å². The Labute approximate surface area is 109 Å². The predicted octanol–water partition coefficient (Wildman–Crippen LogP) is 2.40. The molecule has 96 valence electrons. The zero-order valence-corrected chi connectivity index (χ0v) is 11.3. The molecule has 0 saturated heterocycles. The van der Waals surface area contributed by atoms with Crippen LogP contribution in [0, 0.1) is 13.8 Å². The summed E-state index contributed by atoms with van der Waals surface area (Å²) >= 11 is 0. The summed E-state index contributed by atoms with van der Waals surface area (Å²) in [7, 11) is 2.01. The Kier molecular flexibility index (Phi) is 4.15. The maximum Gasteiger partial charge on any atom is 0.107 e. The highest BCUT2D eigenvalue weighted by atomic mass is 14.9. The summed E-state index contributed by atoms with van der Waals surface area (Å²) in [4.78, 5) is 7.44. The molecule has 0 fully saturated rings. The molecule has 3 nitrogen and oxygen atoms in total. The van der Waals surface area contributed by atoms with Gasteiger partial charge in [-0.25, -0.2) is 4.98 Å². The predicted molar refractivity (Wildman–Crippen MR) is 74.8 cm³/mol. The summed E-state index contributed by atoms with van der Waals surface area (Å²) in [5, 5.41) is 3.36. The molecule has 1 aromatic heterocycles. The van der Waals surface area contributed by atoms with E-state index >= 15 is 0 Å². The molecule has 0 radical (unpaired) electrons. The van der Waals surface area contributed by atoms with E-state index in [4.69, 9.17) is 0 Å². The van der Waals surface area contributed by atoms with Crippen LogP contribution < -0.4 is 5.32 Å². The van der Waals surface area contributed by atoms with Crippen molar-refractivity contribution < 1.29 is 0 Å². The maximum absolute atomic E-state index is 4.28. The van der Waals surface area contributed by atoms with E-state index in [1.54, 1.807) is 6.20 Å². The van der Waals surface area contributed by atoms with Gasteiger partial charge < -0.3 is 10.3 Å². The fourth-order valence-corrected chi connectivity index (χ4v) is 2.13. The van der Waals surface area contributed by atoms with Gasteiger partial charge in [0.15, 0.2) is 0 Å². The van der Waals surface area contributed by atoms with Crippen LogP contribution in [0.25, 0.3) is 0 Å². The number of hydrogen-bond donors (Lipinski definition) is 2. The second-order valence-electron chi connectivity index (χ2n) is 4.85. The molecular weight excluding hydrogens is 222 g/mol. The number of nitrogens with zero attached hydrogens (tertiary/aromatic N) is 1. The van der Waals surface area contributed by atoms with Crippen LogP contribution in [0.15, 0.2) is 30.6 Å². The number of likely N-dealkylation sites (N-methyl/N-ethyl adjacent to an activating group) is 1. The first-order valence-corrected chi connectivity index (χ1v) is 6.40. The summed E-state index contributed by atoms with van der Waals surface area (Å²) in [6.45, 7) is 4.32. The van der Waals surface area contributed by atoms with Crippen molar-refractivity contribution in [3.05, 3.63) is 53.1 Å². The highest BCUT2D eigenvalue weighted by Gasteiger charge is 2.10. The number of rotatable bonds is 5. The molecule has 0 aliphatic heterocycles. The Morgan fingerprint density at radius 1 is 1.22 bits per heavy atom. The molecule has 0 amide bonds. The van der Waals surface area contributed by atoms with Crippen LogP contribution in [-0.2, 0) is 12.8 Å². The Hall–Kier alpha value is -1.61. The molecule has 2 N–H and O–H groups in total. The molecular formula is C15H21N3. The summed E-state index contributed by atoms with van der Waals surface area (Å²) in [6.07, 6.45) is 5.63. The zero-order valence-electron chi connectivity index (χ0n) is 11.3. The second-order valence-corrected chi connectivity index (χ2v) is 4.85. The zero-order chi connectivity index (χ0) is 13.0. The van der Waals surface area contributed by atoms with Crippen molar-refractivity contribution in [2.75, 3.05) is 7.05 Å². The van der Waals surface area contributed by atoms with E-state index in [2.05, 4.69) is 47.3 Å². The summed E-state index contributed by atoms with van der Waals surface area (Å²) < 4.78 is 0. The van der Waals surface area contributed by atoms with Crippen molar-refractivity contribution in [3.63, 3.8) is 0 Å². The lowest BCUT2D eigenvalue weighted by molar-refractivity contribution is 0.545. The fraction of sp³-hybridized carbons (Fsp3) is 0.400. The molecule has 1 atom stereocenters. The minimum atomic E-state index is 0.415. The minimum Gasteiger partial charge on any atom is -0.349 e. The van der Waals surface area contributed by atoms with Crippen molar-refractivity contribution in [2.24, 2.45) is 0 Å². The van der Waals surface area contributed by atoms with Crippen molar-refractivity contribution in [2.45, 2.75) is 32.7 Å². The van der Waals surface area contributed by atoms with Gasteiger partial charge in [0.1, 0.15) is 5.82 Å². The van der Waals surface area contributed by atoms with E-state index in [0.717, 1.165) is 18.7 Å². The van der Waals surface area contributed by atoms with Gasteiger partial charge in [-0.3, -0.25) is 0 Å². The molecule has 0 bridgehead atoms. The van der Waals surface area contributed by atoms with Crippen molar-refractivity contribution in [1.29, 1.82) is 0 Å². The molecule has 1 heterocycles. The quantitative estimate of drug-likeness (QED) is 0.846. The van der Waals surface area contributed by atoms with Gasteiger partial charge in [0.2, 0.25) is 0 Å². The third-order valence-electron chi connectivity index (χ3n) is 3.46. The van der Waals surface area contributed by atoms with Gasteiger partial charge >= 0.3 is 0 Å². The lowest BCUT2D eigenvalue weighted by Gasteiger charge is -2.15. The van der Waals surface area contributed by atoms with Crippen molar-refractivity contribution in [3.8, 4) is 0 Å². The Morgan fingerprint density at radius 3 is 2.67 bits per heavy atom. The van der Waals surface area contributed by atoms with Gasteiger partial charge in [-0.1, -0.05) is 18.2 Å². The first-order chi connectivity index (χ1) is 8.69. The van der Waals surface area contributed by atoms with E-state index in [-0.39, 0.29) is 0 Å². The molecule has 3 heteroatoms. The van der Waals surface area contributed by atoms with E-state index in [0.29, 0.717) is 6.04 Å². The lowest BCUT2D eigenvalue weighted by atomic mass is 9.99. The van der Waals surface area contributed by atoms with Crippen molar-refractivity contribution >= 4 is 0 Å². The molecule has 0 aliphatic rings. The number of benzene rings is 1. The molecule has 0 spiro atoms. The molecule has 2 aromatic rings. The number of aromatic amines is 1. The normalized spacial score (nSPS) is 12.6. The minimum absolute atomic E-state index is 0.415. The maximum atomic E-state index is 4.28. The SMILES string of the molecule is CNC(Cc1ccc(C)c(C)c1)Cc1ncc[nH]1. The van der Waals surface area contributed by atoms with E-state index < -0.39 is 0 Å². The van der Waals surface area contributed by atoms with E-state index in [9.17, 15) is 0 Å². The largest absolute Gasteiger partial charge is 0.349 e. The summed E-state index contributed by atoms with van der Waals surface area (Å²) in [5.41, 5.74) is 4.09. The molecule has 2 rings (SSSR count). The highest BCUT2D eigenvalue weighted by Crippen LogP contribution is 2.12. The average molecular weight is 243 g/mol. The second kappa shape index (κ2) is 5.83. The number of H-pyrrole nitrogens is 1. The van der Waals surface area contributed by atoms with Gasteiger partial charge in [-0.15, -0.1) is 0 Å². The van der Waals surface area contributed by atoms with Gasteiger partial charge in [-0.05, 0) is 44.0 Å². The molecule has 0 aliphatic carbocycles. The van der Waals surface area contributed by atoms with Crippen LogP contribution in [0.2, 0.25) is 0 Å². The third kappa shape index (κ3) is 3.20. The van der Waals surface area contributed by atoms with E-state index in [1.165, 1.54) is 16.7 Å². The Bertz CT molecular complexity index is 488. The van der Waals surface area contributed by atoms with Crippen molar-refractivity contribution in [1.82, 2.24) is 15.3 Å². The van der Waals surface area contributed by atoms with Crippen LogP contribution in [0.3, 0.4) is 0 Å². The lowest BCUT2D eigenvalue weighted by Crippen LogP contribution is -2.30. The smallest absolute Gasteiger partial charge is 0.107 e. The number of aryl methyl sites for hydroxylation is 2. The van der Waals surface area contributed by atoms with Crippen LogP contribution in [0.5, 0.6) is 0 Å². The standard InChI is InChI=1S/C15H21N3/c1-11-4-5-13(8-12(11)2)9-14(16-3)10-15-17-6-7-18-15/h4-8,14,16H,9-10H2,1-3H3,(H,17,18). The molecule has 18 heavy (non-hydrogen) atoms. The average Bonchev–Trinajstić information content (AvgIpc) is 2.86. The van der Waals surface area contributed by atoms with Crippen LogP contribution in [-0.4, -0.2) is 23.1 Å². The van der Waals surface area contributed by atoms with Gasteiger partial charge in [0.25, 0.3) is 0 Å². The Morgan fingerprint density at radius 2 is 2.06 bits per heavy atom. The third-order valence-corrected chi connectivity index (χ3v) is 3.46. The van der Waals surface area contributed by atoms with Crippen LogP contribution in [0.4, 0.5) is 0 Å². The first kappa shape index (κ1) is 12.8. The molecule has 0 saturated carbocycles. The Balaban J connectivity index is 2.03. The topological polar surface area (TPSA) is 40.7 Å². The fourth-order valence-electron chi connectivity index (χ4n) is 2.13. The van der Waals surface area contributed by atoms with Gasteiger partial charge in [0.05, 0.1) is 0 Å². The highest BCUT2D eigenvalue weighted by molar-refractivity contribution is 5.30. The summed E-state index contributed by atoms with van der Waals surface area (Å²) in [5.74, 6) is 1.04. The monoisotopic (exact) mass is 243 g/mol. The van der Waals surface area contributed by atoms with Crippen LogP contribution >= 0.6 is 0 Å². The van der Waals surface area contributed by atoms with Crippen LogP contribution in [0.1, 0.15) is 22.5 Å². The molecule has 1 aromatic carbocycles. The van der Waals surface area contributed by atoms with E-state index in [1.807, 2.05) is 13.2 Å². The van der Waals surface area contributed by atoms with Gasteiger partial charge in [-0.2, -0.15) is 0 Å². The number of aromatic nitrogens is 2. The molecule has 1 unspecified atom stereocenters. The summed E-state index contributed by atoms with van der Waals surface area (Å²) in [6, 6.07) is 7.11. The number of hydrogen-bond acceptors (Lipinski definition) is 2. The number of imidazole rings is 1.